The standard InChI is InChI=1S/C30H25N3O5S/c1-3-38-24-14-11-18(15-25(24)37-2)16-26-29(34)32-28(20-8-6-9-21(17-20)33(35)36)23-13-12-19-7-4-5-10-22(19)27(23)31-30(32)39-26/h4-11,14-17,28H,3,12-13H2,1-2H3. The first-order chi connectivity index (χ1) is 19.0. The maximum Gasteiger partial charge on any atom is 0.271 e. The van der Waals surface area contributed by atoms with Crippen LogP contribution in [0.2, 0.25) is 0 Å². The monoisotopic (exact) mass is 539 g/mol. The number of aryl methyl sites for hydroxylation is 1. The summed E-state index contributed by atoms with van der Waals surface area (Å²) in [6.45, 7) is 2.42. The van der Waals surface area contributed by atoms with Gasteiger partial charge in [-0.15, -0.1) is 0 Å². The molecular weight excluding hydrogens is 514 g/mol. The van der Waals surface area contributed by atoms with Crippen LogP contribution in [-0.2, 0) is 6.42 Å². The number of thiazole rings is 1. The molecule has 0 radical (unpaired) electrons. The lowest BCUT2D eigenvalue weighted by atomic mass is 9.83. The highest BCUT2D eigenvalue weighted by Gasteiger charge is 2.33. The molecule has 4 aromatic rings. The van der Waals surface area contributed by atoms with Crippen molar-refractivity contribution >= 4 is 28.8 Å². The van der Waals surface area contributed by atoms with Gasteiger partial charge in [0, 0.05) is 17.7 Å². The maximum absolute atomic E-state index is 13.9. The minimum absolute atomic E-state index is 0.00790. The lowest BCUT2D eigenvalue weighted by Crippen LogP contribution is -2.38. The molecule has 2 heterocycles. The Bertz CT molecular complexity index is 1840. The Morgan fingerprint density at radius 1 is 1.10 bits per heavy atom. The Morgan fingerprint density at radius 3 is 2.74 bits per heavy atom. The first kappa shape index (κ1) is 24.8. The average Bonchev–Trinajstić information content (AvgIpc) is 3.26. The average molecular weight is 540 g/mol. The van der Waals surface area contributed by atoms with E-state index in [1.807, 2.05) is 49.4 Å². The van der Waals surface area contributed by atoms with Gasteiger partial charge in [-0.05, 0) is 60.2 Å². The molecule has 1 aliphatic carbocycles. The predicted octanol–water partition coefficient (Wildman–Crippen LogP) is 4.63. The zero-order valence-electron chi connectivity index (χ0n) is 21.4. The number of nitrogens with zero attached hydrogens (tertiary/aromatic N) is 3. The van der Waals surface area contributed by atoms with Crippen molar-refractivity contribution in [1.82, 2.24) is 4.57 Å². The number of aromatic nitrogens is 1. The molecule has 1 aromatic heterocycles. The molecule has 39 heavy (non-hydrogen) atoms. The van der Waals surface area contributed by atoms with Crippen LogP contribution in [0, 0.1) is 10.1 Å². The number of ether oxygens (including phenoxy) is 2. The summed E-state index contributed by atoms with van der Waals surface area (Å²) in [6.07, 6.45) is 3.35. The maximum atomic E-state index is 13.9. The van der Waals surface area contributed by atoms with Crippen molar-refractivity contribution in [2.24, 2.45) is 4.99 Å². The van der Waals surface area contributed by atoms with Crippen LogP contribution in [0.25, 0.3) is 11.8 Å². The van der Waals surface area contributed by atoms with Gasteiger partial charge in [0.2, 0.25) is 0 Å². The fourth-order valence-corrected chi connectivity index (χ4v) is 6.33. The van der Waals surface area contributed by atoms with Gasteiger partial charge in [-0.25, -0.2) is 4.99 Å². The molecule has 0 amide bonds. The summed E-state index contributed by atoms with van der Waals surface area (Å²) < 4.78 is 13.3. The lowest BCUT2D eigenvalue weighted by Gasteiger charge is -2.30. The molecule has 0 saturated heterocycles. The number of methoxy groups -OCH3 is 1. The van der Waals surface area contributed by atoms with E-state index in [1.165, 1.54) is 23.0 Å². The van der Waals surface area contributed by atoms with E-state index < -0.39 is 11.0 Å². The second kappa shape index (κ2) is 9.99. The van der Waals surface area contributed by atoms with E-state index in [9.17, 15) is 14.9 Å². The Kier molecular flexibility index (Phi) is 6.36. The van der Waals surface area contributed by atoms with Gasteiger partial charge in [0.1, 0.15) is 0 Å². The number of rotatable bonds is 6. The topological polar surface area (TPSA) is 96.0 Å². The molecule has 3 aromatic carbocycles. The van der Waals surface area contributed by atoms with Gasteiger partial charge in [-0.1, -0.05) is 53.8 Å². The molecule has 1 aliphatic heterocycles. The first-order valence-electron chi connectivity index (χ1n) is 12.7. The zero-order valence-corrected chi connectivity index (χ0v) is 22.2. The lowest BCUT2D eigenvalue weighted by molar-refractivity contribution is -0.384. The number of nitro benzene ring substituents is 1. The fraction of sp³-hybridized carbons (Fsp3) is 0.200. The van der Waals surface area contributed by atoms with E-state index in [0.717, 1.165) is 28.8 Å². The van der Waals surface area contributed by atoms with Crippen LogP contribution >= 0.6 is 11.3 Å². The van der Waals surface area contributed by atoms with Gasteiger partial charge in [0.15, 0.2) is 16.3 Å². The minimum atomic E-state index is -0.485. The van der Waals surface area contributed by atoms with Crippen LogP contribution in [0.15, 0.2) is 82.1 Å². The number of benzene rings is 3. The molecule has 1 atom stereocenters. The molecule has 0 spiro atoms. The molecule has 9 heteroatoms. The van der Waals surface area contributed by atoms with Crippen LogP contribution in [0.1, 0.15) is 41.6 Å². The number of hydrogen-bond donors (Lipinski definition) is 0. The third-order valence-corrected chi connectivity index (χ3v) is 8.04. The molecular formula is C30H25N3O5S. The van der Waals surface area contributed by atoms with Crippen molar-refractivity contribution in [2.75, 3.05) is 13.7 Å². The van der Waals surface area contributed by atoms with Crippen molar-refractivity contribution in [3.63, 3.8) is 0 Å². The summed E-state index contributed by atoms with van der Waals surface area (Å²) in [5, 5.41) is 11.6. The molecule has 6 rings (SSSR count). The van der Waals surface area contributed by atoms with Gasteiger partial charge in [-0.2, -0.15) is 0 Å². The molecule has 0 saturated carbocycles. The third-order valence-electron chi connectivity index (χ3n) is 7.06. The summed E-state index contributed by atoms with van der Waals surface area (Å²) in [6, 6.07) is 19.8. The van der Waals surface area contributed by atoms with E-state index in [2.05, 4.69) is 12.1 Å². The van der Waals surface area contributed by atoms with Gasteiger partial charge in [0.25, 0.3) is 11.2 Å². The molecule has 8 nitrogen and oxygen atoms in total. The van der Waals surface area contributed by atoms with Gasteiger partial charge >= 0.3 is 0 Å². The number of hydrogen-bond acceptors (Lipinski definition) is 7. The van der Waals surface area contributed by atoms with Crippen LogP contribution in [0.5, 0.6) is 11.5 Å². The Hall–Kier alpha value is -4.50. The summed E-state index contributed by atoms with van der Waals surface area (Å²) in [7, 11) is 1.58. The Labute approximate surface area is 228 Å². The number of non-ortho nitro benzene ring substituents is 1. The largest absolute Gasteiger partial charge is 0.493 e. The van der Waals surface area contributed by atoms with Gasteiger partial charge in [-0.3, -0.25) is 19.5 Å². The van der Waals surface area contributed by atoms with Crippen molar-refractivity contribution in [3.05, 3.63) is 124 Å². The zero-order chi connectivity index (χ0) is 27.1. The smallest absolute Gasteiger partial charge is 0.271 e. The second-order valence-electron chi connectivity index (χ2n) is 9.31. The number of fused-ring (bicyclic) bond motifs is 3. The van der Waals surface area contributed by atoms with E-state index >= 15 is 0 Å². The molecule has 196 valence electrons. The van der Waals surface area contributed by atoms with Gasteiger partial charge < -0.3 is 9.47 Å². The van der Waals surface area contributed by atoms with Crippen LogP contribution in [-0.4, -0.2) is 23.2 Å². The van der Waals surface area contributed by atoms with Crippen LogP contribution in [0.4, 0.5) is 5.69 Å². The minimum Gasteiger partial charge on any atom is -0.493 e. The van der Waals surface area contributed by atoms with Gasteiger partial charge in [0.05, 0.1) is 34.9 Å². The summed E-state index contributed by atoms with van der Waals surface area (Å²) in [4.78, 5) is 30.7. The second-order valence-corrected chi connectivity index (χ2v) is 10.3. The van der Waals surface area contributed by atoms with E-state index in [0.29, 0.717) is 39.4 Å². The first-order valence-corrected chi connectivity index (χ1v) is 13.5. The van der Waals surface area contributed by atoms with Crippen LogP contribution < -0.4 is 24.4 Å². The Balaban J connectivity index is 1.57. The molecule has 0 N–H and O–H groups in total. The van der Waals surface area contributed by atoms with Crippen molar-refractivity contribution in [1.29, 1.82) is 0 Å². The predicted molar refractivity (Wildman–Crippen MR) is 150 cm³/mol. The summed E-state index contributed by atoms with van der Waals surface area (Å²) in [5.74, 6) is 1.22. The van der Waals surface area contributed by atoms with Crippen molar-refractivity contribution < 1.29 is 14.4 Å². The quantitative estimate of drug-likeness (QED) is 0.263. The molecule has 2 aliphatic rings. The normalized spacial score (nSPS) is 16.2. The summed E-state index contributed by atoms with van der Waals surface area (Å²) >= 11 is 1.31. The Morgan fingerprint density at radius 2 is 1.95 bits per heavy atom. The highest BCUT2D eigenvalue weighted by Crippen LogP contribution is 2.41. The van der Waals surface area contributed by atoms with Crippen molar-refractivity contribution in [2.45, 2.75) is 25.8 Å². The van der Waals surface area contributed by atoms with Crippen LogP contribution in [0.3, 0.4) is 0 Å². The number of allylic oxidation sites excluding steroid dienone is 1. The highest BCUT2D eigenvalue weighted by molar-refractivity contribution is 7.07. The van der Waals surface area contributed by atoms with E-state index in [4.69, 9.17) is 14.5 Å². The highest BCUT2D eigenvalue weighted by atomic mass is 32.1. The van der Waals surface area contributed by atoms with Crippen molar-refractivity contribution in [3.8, 4) is 11.5 Å². The summed E-state index contributed by atoms with van der Waals surface area (Å²) in [5.41, 5.74) is 5.39. The van der Waals surface area contributed by atoms with E-state index in [-0.39, 0.29) is 11.2 Å². The third kappa shape index (κ3) is 4.34. The molecule has 1 unspecified atom stereocenters. The molecule has 0 bridgehead atoms. The SMILES string of the molecule is CCOc1ccc(C=c2sc3n(c2=O)C(c2cccc([N+](=O)[O-])c2)C2=C(N=3)c3ccccc3CC2)cc1OC. The number of nitro groups is 1. The van der Waals surface area contributed by atoms with E-state index in [1.54, 1.807) is 23.8 Å². The molecule has 0 fully saturated rings. The fourth-order valence-electron chi connectivity index (χ4n) is 5.33.